The third-order valence-electron chi connectivity index (χ3n) is 5.40. The highest BCUT2D eigenvalue weighted by Crippen LogP contribution is 2.17. The predicted octanol–water partition coefficient (Wildman–Crippen LogP) is 3.47. The molecule has 1 fully saturated rings. The zero-order chi connectivity index (χ0) is 20.9. The molecule has 6 heteroatoms. The number of rotatable bonds is 4. The molecule has 6 nitrogen and oxygen atoms in total. The Balaban J connectivity index is 1.41. The van der Waals surface area contributed by atoms with Crippen molar-refractivity contribution in [3.05, 3.63) is 84.2 Å². The third-order valence-corrected chi connectivity index (χ3v) is 5.40. The van der Waals surface area contributed by atoms with Crippen LogP contribution < -0.4 is 4.74 Å². The van der Waals surface area contributed by atoms with Crippen molar-refractivity contribution in [3.63, 3.8) is 0 Å². The average Bonchev–Trinajstić information content (AvgIpc) is 3.23. The summed E-state index contributed by atoms with van der Waals surface area (Å²) in [5.74, 6) is 0.639. The van der Waals surface area contributed by atoms with E-state index < -0.39 is 0 Å². The summed E-state index contributed by atoms with van der Waals surface area (Å²) in [6.45, 7) is 2.31. The smallest absolute Gasteiger partial charge is 0.254 e. The van der Waals surface area contributed by atoms with E-state index in [-0.39, 0.29) is 11.8 Å². The number of amides is 2. The largest absolute Gasteiger partial charge is 0.497 e. The molecule has 2 heterocycles. The summed E-state index contributed by atoms with van der Waals surface area (Å²) < 4.78 is 7.22. The number of hydrogen-bond acceptors (Lipinski definition) is 3. The molecule has 1 aliphatic rings. The van der Waals surface area contributed by atoms with Crippen LogP contribution in [0, 0.1) is 0 Å². The first-order valence-electron chi connectivity index (χ1n) is 10.1. The van der Waals surface area contributed by atoms with E-state index in [1.165, 1.54) is 0 Å². The zero-order valence-corrected chi connectivity index (χ0v) is 17.0. The fraction of sp³-hybridized carbons (Fsp3) is 0.250. The molecule has 1 aliphatic heterocycles. The van der Waals surface area contributed by atoms with Crippen LogP contribution in [0.15, 0.2) is 73.1 Å². The lowest BCUT2D eigenvalue weighted by Gasteiger charge is -2.22. The van der Waals surface area contributed by atoms with Gasteiger partial charge in [-0.3, -0.25) is 9.59 Å². The second-order valence-corrected chi connectivity index (χ2v) is 7.31. The van der Waals surface area contributed by atoms with Gasteiger partial charge in [0, 0.05) is 55.4 Å². The minimum Gasteiger partial charge on any atom is -0.497 e. The number of methoxy groups -OCH3 is 1. The topological polar surface area (TPSA) is 54.8 Å². The van der Waals surface area contributed by atoms with E-state index in [4.69, 9.17) is 4.74 Å². The van der Waals surface area contributed by atoms with Crippen molar-refractivity contribution in [1.29, 1.82) is 0 Å². The molecule has 154 valence electrons. The lowest BCUT2D eigenvalue weighted by atomic mass is 10.1. The second kappa shape index (κ2) is 8.86. The van der Waals surface area contributed by atoms with Crippen LogP contribution >= 0.6 is 0 Å². The fourth-order valence-corrected chi connectivity index (χ4v) is 3.73. The van der Waals surface area contributed by atoms with E-state index in [0.717, 1.165) is 12.1 Å². The number of carbonyl (C=O) groups is 2. The minimum atomic E-state index is -0.0284. The maximum absolute atomic E-state index is 13.0. The maximum Gasteiger partial charge on any atom is 0.254 e. The molecule has 2 aromatic carbocycles. The molecule has 2 amide bonds. The molecule has 0 bridgehead atoms. The summed E-state index contributed by atoms with van der Waals surface area (Å²) in [6, 6.07) is 18.7. The molecule has 0 saturated carbocycles. The Morgan fingerprint density at radius 3 is 2.03 bits per heavy atom. The molecule has 4 rings (SSSR count). The van der Waals surface area contributed by atoms with Crippen molar-refractivity contribution in [2.75, 3.05) is 33.3 Å². The van der Waals surface area contributed by atoms with Gasteiger partial charge in [-0.25, -0.2) is 0 Å². The van der Waals surface area contributed by atoms with Crippen molar-refractivity contribution >= 4 is 11.8 Å². The molecule has 0 radical (unpaired) electrons. The highest BCUT2D eigenvalue weighted by molar-refractivity contribution is 5.95. The van der Waals surface area contributed by atoms with Gasteiger partial charge in [-0.15, -0.1) is 0 Å². The summed E-state index contributed by atoms with van der Waals surface area (Å²) in [4.78, 5) is 29.5. The van der Waals surface area contributed by atoms with Crippen LogP contribution in [0.2, 0.25) is 0 Å². The van der Waals surface area contributed by atoms with Gasteiger partial charge in [-0.05, 0) is 61.0 Å². The normalized spacial score (nSPS) is 14.3. The van der Waals surface area contributed by atoms with Gasteiger partial charge in [0.15, 0.2) is 0 Å². The lowest BCUT2D eigenvalue weighted by molar-refractivity contribution is 0.0718. The van der Waals surface area contributed by atoms with Gasteiger partial charge in [0.05, 0.1) is 7.11 Å². The first-order chi connectivity index (χ1) is 14.7. The molecular weight excluding hydrogens is 378 g/mol. The summed E-state index contributed by atoms with van der Waals surface area (Å²) in [7, 11) is 1.59. The first-order valence-corrected chi connectivity index (χ1v) is 10.1. The van der Waals surface area contributed by atoms with Crippen LogP contribution in [-0.4, -0.2) is 59.5 Å². The minimum absolute atomic E-state index is 0.00438. The zero-order valence-electron chi connectivity index (χ0n) is 17.0. The van der Waals surface area contributed by atoms with Gasteiger partial charge < -0.3 is 19.1 Å². The highest BCUT2D eigenvalue weighted by Gasteiger charge is 2.23. The van der Waals surface area contributed by atoms with E-state index in [9.17, 15) is 9.59 Å². The highest BCUT2D eigenvalue weighted by atomic mass is 16.5. The van der Waals surface area contributed by atoms with E-state index >= 15 is 0 Å². The molecule has 0 N–H and O–H groups in total. The van der Waals surface area contributed by atoms with Gasteiger partial charge in [-0.1, -0.05) is 6.07 Å². The summed E-state index contributed by atoms with van der Waals surface area (Å²) in [6.07, 6.45) is 4.70. The first kappa shape index (κ1) is 19.8. The standard InChI is InChI=1S/C24H25N3O3/c1-30-22-7-4-6-20(18-22)24(29)27-15-5-14-26(16-17-27)23(28)19-8-10-21(11-9-19)25-12-2-3-13-25/h2-4,6-13,18H,5,14-17H2,1H3. The van der Waals surface area contributed by atoms with Crippen molar-refractivity contribution in [2.45, 2.75) is 6.42 Å². The molecule has 1 saturated heterocycles. The van der Waals surface area contributed by atoms with Crippen LogP contribution in [0.5, 0.6) is 5.75 Å². The van der Waals surface area contributed by atoms with Crippen molar-refractivity contribution in [1.82, 2.24) is 14.4 Å². The van der Waals surface area contributed by atoms with Crippen molar-refractivity contribution < 1.29 is 14.3 Å². The number of carbonyl (C=O) groups excluding carboxylic acids is 2. The predicted molar refractivity (Wildman–Crippen MR) is 115 cm³/mol. The SMILES string of the molecule is COc1cccc(C(=O)N2CCCN(C(=O)c3ccc(-n4cccc4)cc3)CC2)c1. The Morgan fingerprint density at radius 1 is 0.767 bits per heavy atom. The number of benzene rings is 2. The monoisotopic (exact) mass is 403 g/mol. The number of nitrogens with zero attached hydrogens (tertiary/aromatic N) is 3. The molecule has 0 unspecified atom stereocenters. The van der Waals surface area contributed by atoms with Crippen LogP contribution in [-0.2, 0) is 0 Å². The Hall–Kier alpha value is -3.54. The number of hydrogen-bond donors (Lipinski definition) is 0. The average molecular weight is 403 g/mol. The van der Waals surface area contributed by atoms with Crippen molar-refractivity contribution in [2.24, 2.45) is 0 Å². The Bertz CT molecular complexity index is 1010. The van der Waals surface area contributed by atoms with Gasteiger partial charge in [-0.2, -0.15) is 0 Å². The van der Waals surface area contributed by atoms with Gasteiger partial charge >= 0.3 is 0 Å². The molecule has 0 aliphatic carbocycles. The van der Waals surface area contributed by atoms with E-state index in [0.29, 0.717) is 43.1 Å². The summed E-state index contributed by atoms with van der Waals surface area (Å²) in [5.41, 5.74) is 2.29. The van der Waals surface area contributed by atoms with Gasteiger partial charge in [0.2, 0.25) is 0 Å². The van der Waals surface area contributed by atoms with E-state index in [2.05, 4.69) is 0 Å². The van der Waals surface area contributed by atoms with Crippen LogP contribution in [0.3, 0.4) is 0 Å². The Labute approximate surface area is 176 Å². The van der Waals surface area contributed by atoms with Gasteiger partial charge in [0.1, 0.15) is 5.75 Å². The van der Waals surface area contributed by atoms with Crippen LogP contribution in [0.1, 0.15) is 27.1 Å². The summed E-state index contributed by atoms with van der Waals surface area (Å²) in [5, 5.41) is 0. The number of aromatic nitrogens is 1. The van der Waals surface area contributed by atoms with Gasteiger partial charge in [0.25, 0.3) is 11.8 Å². The molecular formula is C24H25N3O3. The molecule has 0 spiro atoms. The molecule has 0 atom stereocenters. The van der Waals surface area contributed by atoms with Crippen molar-refractivity contribution in [3.8, 4) is 11.4 Å². The third kappa shape index (κ3) is 4.22. The number of ether oxygens (including phenoxy) is 1. The molecule has 30 heavy (non-hydrogen) atoms. The Morgan fingerprint density at radius 2 is 1.40 bits per heavy atom. The maximum atomic E-state index is 13.0. The second-order valence-electron chi connectivity index (χ2n) is 7.31. The lowest BCUT2D eigenvalue weighted by Crippen LogP contribution is -2.37. The molecule has 1 aromatic heterocycles. The van der Waals surface area contributed by atoms with E-state index in [1.807, 2.05) is 75.3 Å². The molecule has 3 aromatic rings. The van der Waals surface area contributed by atoms with Crippen LogP contribution in [0.25, 0.3) is 5.69 Å². The van der Waals surface area contributed by atoms with Crippen LogP contribution in [0.4, 0.5) is 0 Å². The Kier molecular flexibility index (Phi) is 5.84. The fourth-order valence-electron chi connectivity index (χ4n) is 3.73. The quantitative estimate of drug-likeness (QED) is 0.670. The summed E-state index contributed by atoms with van der Waals surface area (Å²) >= 11 is 0. The van der Waals surface area contributed by atoms with E-state index in [1.54, 1.807) is 19.2 Å².